The number of benzene rings is 1. The van der Waals surface area contributed by atoms with Crippen molar-refractivity contribution in [2.45, 2.75) is 32.7 Å². The van der Waals surface area contributed by atoms with Crippen LogP contribution in [0.25, 0.3) is 0 Å². The van der Waals surface area contributed by atoms with Crippen molar-refractivity contribution in [3.8, 4) is 0 Å². The molecule has 0 spiro atoms. The van der Waals surface area contributed by atoms with Crippen LogP contribution in [0.4, 0.5) is 0 Å². The third-order valence-corrected chi connectivity index (χ3v) is 7.36. The van der Waals surface area contributed by atoms with Crippen LogP contribution in [0.1, 0.15) is 34.3 Å². The van der Waals surface area contributed by atoms with Gasteiger partial charge in [-0.05, 0) is 55.9 Å². The first kappa shape index (κ1) is 18.4. The summed E-state index contributed by atoms with van der Waals surface area (Å²) in [5.74, 6) is 0.214. The first-order chi connectivity index (χ1) is 11.7. The standard InChI is InChI=1S/C18H27N3O3S/c1-13-5-7-16(9-14(13)2)18(22)21-11-15-6-8-17(21)12-20(10-15)25(23,24)19(3)4/h5,7,9,15,17H,6,8,10-12H2,1-4H3/t15-,17+/m1/s1. The molecule has 6 nitrogen and oxygen atoms in total. The summed E-state index contributed by atoms with van der Waals surface area (Å²) in [7, 11) is -0.335. The quantitative estimate of drug-likeness (QED) is 0.818. The minimum atomic E-state index is -3.45. The number of carbonyl (C=O) groups is 1. The van der Waals surface area contributed by atoms with Gasteiger partial charge in [0.25, 0.3) is 16.1 Å². The van der Waals surface area contributed by atoms with Crippen molar-refractivity contribution >= 4 is 16.1 Å². The second kappa shape index (κ2) is 6.70. The van der Waals surface area contributed by atoms with Crippen molar-refractivity contribution in [3.05, 3.63) is 34.9 Å². The van der Waals surface area contributed by atoms with Gasteiger partial charge in [0.05, 0.1) is 0 Å². The fraction of sp³-hybridized carbons (Fsp3) is 0.611. The molecule has 2 bridgehead atoms. The number of rotatable bonds is 3. The number of aryl methyl sites for hydroxylation is 2. The first-order valence-corrected chi connectivity index (χ1v) is 10.2. The van der Waals surface area contributed by atoms with E-state index in [9.17, 15) is 13.2 Å². The second-order valence-electron chi connectivity index (χ2n) is 7.46. The highest BCUT2D eigenvalue weighted by Gasteiger charge is 2.41. The average Bonchev–Trinajstić information content (AvgIpc) is 2.89. The second-order valence-corrected chi connectivity index (χ2v) is 9.60. The maximum Gasteiger partial charge on any atom is 0.281 e. The summed E-state index contributed by atoms with van der Waals surface area (Å²) in [5.41, 5.74) is 2.96. The fourth-order valence-electron chi connectivity index (χ4n) is 3.75. The highest BCUT2D eigenvalue weighted by Crippen LogP contribution is 2.31. The molecule has 138 valence electrons. The van der Waals surface area contributed by atoms with E-state index in [-0.39, 0.29) is 17.9 Å². The van der Waals surface area contributed by atoms with E-state index < -0.39 is 10.2 Å². The smallest absolute Gasteiger partial charge is 0.281 e. The van der Waals surface area contributed by atoms with Crippen molar-refractivity contribution in [2.24, 2.45) is 5.92 Å². The lowest BCUT2D eigenvalue weighted by Crippen LogP contribution is -2.48. The first-order valence-electron chi connectivity index (χ1n) is 8.76. The number of hydrogen-bond acceptors (Lipinski definition) is 3. The topological polar surface area (TPSA) is 60.9 Å². The number of fused-ring (bicyclic) bond motifs is 4. The molecule has 3 saturated heterocycles. The van der Waals surface area contributed by atoms with Gasteiger partial charge in [0.2, 0.25) is 0 Å². The number of piperidine rings is 1. The Hall–Kier alpha value is -1.44. The van der Waals surface area contributed by atoms with E-state index in [0.717, 1.165) is 24.0 Å². The average molecular weight is 365 g/mol. The third kappa shape index (κ3) is 3.45. The maximum atomic E-state index is 13.0. The summed E-state index contributed by atoms with van der Waals surface area (Å²) < 4.78 is 27.9. The predicted octanol–water partition coefficient (Wildman–Crippen LogP) is 1.65. The Balaban J connectivity index is 1.85. The van der Waals surface area contributed by atoms with Gasteiger partial charge in [-0.15, -0.1) is 0 Å². The highest BCUT2D eigenvalue weighted by molar-refractivity contribution is 7.86. The van der Waals surface area contributed by atoms with Gasteiger partial charge >= 0.3 is 0 Å². The van der Waals surface area contributed by atoms with Crippen molar-refractivity contribution in [1.82, 2.24) is 13.5 Å². The molecule has 0 radical (unpaired) electrons. The SMILES string of the molecule is Cc1ccc(C(=O)N2C[C@@H]3CC[C@H]2CN(S(=O)(=O)N(C)C)C3)cc1C. The molecule has 3 fully saturated rings. The van der Waals surface area contributed by atoms with Crippen LogP contribution in [0.15, 0.2) is 18.2 Å². The Kier molecular flexibility index (Phi) is 4.92. The summed E-state index contributed by atoms with van der Waals surface area (Å²) in [5, 5.41) is 0. The van der Waals surface area contributed by atoms with Crippen LogP contribution in [-0.2, 0) is 10.2 Å². The zero-order chi connectivity index (χ0) is 18.4. The summed E-state index contributed by atoms with van der Waals surface area (Å²) >= 11 is 0. The van der Waals surface area contributed by atoms with Crippen LogP contribution in [0.2, 0.25) is 0 Å². The molecule has 0 N–H and O–H groups in total. The molecule has 0 aliphatic carbocycles. The Labute approximate surface area is 150 Å². The Morgan fingerprint density at radius 3 is 2.44 bits per heavy atom. The van der Waals surface area contributed by atoms with Crippen LogP contribution < -0.4 is 0 Å². The molecule has 0 unspecified atom stereocenters. The minimum absolute atomic E-state index is 0.0156. The van der Waals surface area contributed by atoms with E-state index >= 15 is 0 Å². The highest BCUT2D eigenvalue weighted by atomic mass is 32.2. The van der Waals surface area contributed by atoms with Crippen LogP contribution >= 0.6 is 0 Å². The molecule has 4 rings (SSSR count). The number of carbonyl (C=O) groups excluding carboxylic acids is 1. The van der Waals surface area contributed by atoms with Crippen molar-refractivity contribution in [3.63, 3.8) is 0 Å². The van der Waals surface area contributed by atoms with E-state index in [0.29, 0.717) is 25.2 Å². The van der Waals surface area contributed by atoms with Crippen molar-refractivity contribution in [1.29, 1.82) is 0 Å². The van der Waals surface area contributed by atoms with Crippen LogP contribution in [-0.4, -0.2) is 67.6 Å². The number of amides is 1. The third-order valence-electron chi connectivity index (χ3n) is 5.48. The summed E-state index contributed by atoms with van der Waals surface area (Å²) in [6, 6.07) is 5.73. The molecular weight excluding hydrogens is 338 g/mol. The maximum absolute atomic E-state index is 13.0. The van der Waals surface area contributed by atoms with Crippen LogP contribution in [0.3, 0.4) is 0 Å². The Morgan fingerprint density at radius 1 is 1.08 bits per heavy atom. The Morgan fingerprint density at radius 2 is 1.80 bits per heavy atom. The van der Waals surface area contributed by atoms with E-state index in [1.807, 2.05) is 36.9 Å². The molecule has 1 aromatic carbocycles. The number of nitrogens with zero attached hydrogens (tertiary/aromatic N) is 3. The van der Waals surface area contributed by atoms with E-state index in [1.54, 1.807) is 18.4 Å². The number of hydrogen-bond donors (Lipinski definition) is 0. The molecule has 2 atom stereocenters. The van der Waals surface area contributed by atoms with Gasteiger partial charge in [-0.3, -0.25) is 4.79 Å². The van der Waals surface area contributed by atoms with Gasteiger partial charge in [-0.1, -0.05) is 6.07 Å². The van der Waals surface area contributed by atoms with E-state index in [1.165, 1.54) is 4.31 Å². The lowest BCUT2D eigenvalue weighted by atomic mass is 9.94. The zero-order valence-corrected chi connectivity index (χ0v) is 16.2. The minimum Gasteiger partial charge on any atom is -0.334 e. The largest absolute Gasteiger partial charge is 0.334 e. The van der Waals surface area contributed by atoms with Crippen LogP contribution in [0, 0.1) is 19.8 Å². The van der Waals surface area contributed by atoms with Gasteiger partial charge in [0, 0.05) is 45.3 Å². The lowest BCUT2D eigenvalue weighted by Gasteiger charge is -2.36. The fourth-order valence-corrected chi connectivity index (χ4v) is 4.97. The van der Waals surface area contributed by atoms with Gasteiger partial charge in [0.15, 0.2) is 0 Å². The summed E-state index contributed by atoms with van der Waals surface area (Å²) in [4.78, 5) is 14.9. The van der Waals surface area contributed by atoms with Gasteiger partial charge in [0.1, 0.15) is 0 Å². The predicted molar refractivity (Wildman–Crippen MR) is 97.6 cm³/mol. The molecule has 25 heavy (non-hydrogen) atoms. The van der Waals surface area contributed by atoms with E-state index in [2.05, 4.69) is 0 Å². The molecule has 7 heteroatoms. The monoisotopic (exact) mass is 365 g/mol. The zero-order valence-electron chi connectivity index (χ0n) is 15.4. The van der Waals surface area contributed by atoms with Crippen LogP contribution in [0.5, 0.6) is 0 Å². The molecular formula is C18H27N3O3S. The van der Waals surface area contributed by atoms with Gasteiger partial charge in [-0.2, -0.15) is 17.0 Å². The normalized spacial score (nSPS) is 24.6. The van der Waals surface area contributed by atoms with Gasteiger partial charge < -0.3 is 4.90 Å². The van der Waals surface area contributed by atoms with Crippen molar-refractivity contribution in [2.75, 3.05) is 33.7 Å². The molecule has 3 aliphatic heterocycles. The summed E-state index contributed by atoms with van der Waals surface area (Å²) in [6.45, 7) is 5.55. The molecule has 0 saturated carbocycles. The molecule has 1 amide bonds. The molecule has 0 aromatic heterocycles. The molecule has 1 aromatic rings. The lowest BCUT2D eigenvalue weighted by molar-refractivity contribution is 0.0588. The molecule has 3 aliphatic rings. The summed E-state index contributed by atoms with van der Waals surface area (Å²) in [6.07, 6.45) is 1.83. The molecule has 3 heterocycles. The van der Waals surface area contributed by atoms with Crippen molar-refractivity contribution < 1.29 is 13.2 Å². The Bertz CT molecular complexity index is 776. The van der Waals surface area contributed by atoms with E-state index in [4.69, 9.17) is 0 Å². The van der Waals surface area contributed by atoms with Gasteiger partial charge in [-0.25, -0.2) is 0 Å².